The van der Waals surface area contributed by atoms with Gasteiger partial charge >= 0.3 is 6.09 Å². The monoisotopic (exact) mass is 592 g/mol. The van der Waals surface area contributed by atoms with Crippen molar-refractivity contribution in [3.05, 3.63) is 90.9 Å². The minimum Gasteiger partial charge on any atom is -0.444 e. The van der Waals surface area contributed by atoms with Crippen molar-refractivity contribution in [1.29, 1.82) is 0 Å². The molecule has 226 valence electrons. The molecule has 0 saturated carbocycles. The quantitative estimate of drug-likeness (QED) is 0.192. The number of rotatable bonds is 9. The molecule has 3 amide bonds. The fraction of sp³-hybridized carbons (Fsp3) is 0.265. The van der Waals surface area contributed by atoms with Crippen LogP contribution in [-0.2, 0) is 20.7 Å². The summed E-state index contributed by atoms with van der Waals surface area (Å²) in [4.78, 5) is 47.4. The predicted molar refractivity (Wildman–Crippen MR) is 172 cm³/mol. The fourth-order valence-corrected chi connectivity index (χ4v) is 4.83. The van der Waals surface area contributed by atoms with Crippen LogP contribution in [0.5, 0.6) is 0 Å². The SMILES string of the molecule is CC(C)(C)OC(=O)Nc1cccc(CCC(=O)Nc2cncc(Nc3ccc(-c4ccc(N5CCCC5=O)cc4)cn3)c2)c1. The summed E-state index contributed by atoms with van der Waals surface area (Å²) < 4.78 is 5.30. The molecule has 0 unspecified atom stereocenters. The van der Waals surface area contributed by atoms with Crippen LogP contribution in [0.25, 0.3) is 11.1 Å². The van der Waals surface area contributed by atoms with Crippen molar-refractivity contribution in [3.8, 4) is 11.1 Å². The van der Waals surface area contributed by atoms with Gasteiger partial charge in [0.2, 0.25) is 11.8 Å². The maximum atomic E-state index is 12.7. The summed E-state index contributed by atoms with van der Waals surface area (Å²) in [5, 5.41) is 8.84. The summed E-state index contributed by atoms with van der Waals surface area (Å²) in [5.74, 6) is 0.653. The Labute approximate surface area is 256 Å². The van der Waals surface area contributed by atoms with Crippen molar-refractivity contribution in [3.63, 3.8) is 0 Å². The molecule has 10 nitrogen and oxygen atoms in total. The average Bonchev–Trinajstić information content (AvgIpc) is 3.42. The first-order valence-electron chi connectivity index (χ1n) is 14.6. The molecular formula is C34H36N6O4. The molecule has 5 rings (SSSR count). The Kier molecular flexibility index (Phi) is 9.18. The van der Waals surface area contributed by atoms with E-state index in [2.05, 4.69) is 25.9 Å². The van der Waals surface area contributed by atoms with Crippen molar-refractivity contribution in [2.45, 2.75) is 52.1 Å². The van der Waals surface area contributed by atoms with Gasteiger partial charge in [0.25, 0.3) is 0 Å². The number of ether oxygens (including phenoxy) is 1. The summed E-state index contributed by atoms with van der Waals surface area (Å²) >= 11 is 0. The van der Waals surface area contributed by atoms with Crippen molar-refractivity contribution in [2.24, 2.45) is 0 Å². The highest BCUT2D eigenvalue weighted by Crippen LogP contribution is 2.27. The van der Waals surface area contributed by atoms with Crippen molar-refractivity contribution >= 4 is 46.5 Å². The fourth-order valence-electron chi connectivity index (χ4n) is 4.83. The van der Waals surface area contributed by atoms with Crippen molar-refractivity contribution in [2.75, 3.05) is 27.4 Å². The largest absolute Gasteiger partial charge is 0.444 e. The Morgan fingerprint density at radius 2 is 1.66 bits per heavy atom. The van der Waals surface area contributed by atoms with Gasteiger partial charge in [0.1, 0.15) is 11.4 Å². The third kappa shape index (κ3) is 8.41. The number of amides is 3. The average molecular weight is 593 g/mol. The molecule has 10 heteroatoms. The summed E-state index contributed by atoms with van der Waals surface area (Å²) in [7, 11) is 0. The number of benzene rings is 2. The highest BCUT2D eigenvalue weighted by molar-refractivity contribution is 5.95. The Bertz CT molecular complexity index is 1630. The Morgan fingerprint density at radius 3 is 2.36 bits per heavy atom. The second-order valence-electron chi connectivity index (χ2n) is 11.6. The zero-order valence-electron chi connectivity index (χ0n) is 25.1. The summed E-state index contributed by atoms with van der Waals surface area (Å²) in [6, 6.07) is 20.9. The van der Waals surface area contributed by atoms with Gasteiger partial charge in [-0.15, -0.1) is 0 Å². The minimum atomic E-state index is -0.589. The van der Waals surface area contributed by atoms with Gasteiger partial charge in [-0.25, -0.2) is 9.78 Å². The molecule has 44 heavy (non-hydrogen) atoms. The van der Waals surface area contributed by atoms with Crippen LogP contribution in [0.15, 0.2) is 85.3 Å². The van der Waals surface area contributed by atoms with Gasteiger partial charge in [-0.05, 0) is 87.2 Å². The van der Waals surface area contributed by atoms with E-state index in [9.17, 15) is 14.4 Å². The lowest BCUT2D eigenvalue weighted by molar-refractivity contribution is -0.117. The molecule has 3 N–H and O–H groups in total. The molecule has 0 spiro atoms. The molecule has 3 heterocycles. The lowest BCUT2D eigenvalue weighted by Crippen LogP contribution is -2.27. The summed E-state index contributed by atoms with van der Waals surface area (Å²) in [6.07, 6.45) is 6.77. The molecule has 0 atom stereocenters. The minimum absolute atomic E-state index is 0.156. The Morgan fingerprint density at radius 1 is 0.886 bits per heavy atom. The molecule has 0 radical (unpaired) electrons. The Balaban J connectivity index is 1.12. The maximum Gasteiger partial charge on any atom is 0.412 e. The van der Waals surface area contributed by atoms with Gasteiger partial charge in [0.15, 0.2) is 0 Å². The van der Waals surface area contributed by atoms with E-state index in [0.717, 1.165) is 35.3 Å². The molecule has 1 aliphatic heterocycles. The van der Waals surface area contributed by atoms with E-state index in [1.165, 1.54) is 0 Å². The normalized spacial score (nSPS) is 13.0. The Hall–Kier alpha value is -5.25. The first kappa shape index (κ1) is 30.2. The first-order chi connectivity index (χ1) is 21.1. The number of pyridine rings is 2. The van der Waals surface area contributed by atoms with Gasteiger partial charge in [0.05, 0.1) is 23.8 Å². The molecule has 0 bridgehead atoms. The maximum absolute atomic E-state index is 12.7. The predicted octanol–water partition coefficient (Wildman–Crippen LogP) is 6.93. The highest BCUT2D eigenvalue weighted by atomic mass is 16.6. The standard InChI is InChI=1S/C34H36N6O4/c1-34(2,3)44-33(43)39-26-7-4-6-23(18-26)9-16-31(41)38-28-19-27(21-35-22-28)37-30-15-12-25(20-36-30)24-10-13-29(14-11-24)40-17-5-8-32(40)42/h4,6-7,10-15,18-22H,5,8-9,16-17H2,1-3H3,(H,36,37)(H,38,41)(H,39,43). The van der Waals surface area contributed by atoms with Crippen LogP contribution < -0.4 is 20.9 Å². The van der Waals surface area contributed by atoms with Crippen LogP contribution in [0.3, 0.4) is 0 Å². The van der Waals surface area contributed by atoms with Crippen LogP contribution >= 0.6 is 0 Å². The van der Waals surface area contributed by atoms with E-state index in [0.29, 0.717) is 35.7 Å². The van der Waals surface area contributed by atoms with Crippen molar-refractivity contribution in [1.82, 2.24) is 9.97 Å². The van der Waals surface area contributed by atoms with Crippen LogP contribution in [0, 0.1) is 0 Å². The number of hydrogen-bond acceptors (Lipinski definition) is 7. The number of aryl methyl sites for hydroxylation is 1. The molecule has 4 aromatic rings. The van der Waals surface area contributed by atoms with Crippen LogP contribution in [-0.4, -0.2) is 40.0 Å². The molecule has 1 saturated heterocycles. The van der Waals surface area contributed by atoms with Crippen LogP contribution in [0.4, 0.5) is 33.4 Å². The van der Waals surface area contributed by atoms with E-state index in [1.54, 1.807) is 51.5 Å². The van der Waals surface area contributed by atoms with Gasteiger partial charge in [-0.3, -0.25) is 19.9 Å². The van der Waals surface area contributed by atoms with E-state index < -0.39 is 11.7 Å². The molecule has 2 aromatic carbocycles. The third-order valence-corrected chi connectivity index (χ3v) is 6.86. The topological polar surface area (TPSA) is 126 Å². The lowest BCUT2D eigenvalue weighted by Gasteiger charge is -2.19. The molecule has 1 aliphatic rings. The van der Waals surface area contributed by atoms with E-state index in [1.807, 2.05) is 59.5 Å². The van der Waals surface area contributed by atoms with Crippen molar-refractivity contribution < 1.29 is 19.1 Å². The highest BCUT2D eigenvalue weighted by Gasteiger charge is 2.21. The van der Waals surface area contributed by atoms with Crippen LogP contribution in [0.2, 0.25) is 0 Å². The van der Waals surface area contributed by atoms with Gasteiger partial charge in [-0.1, -0.05) is 24.3 Å². The number of carbonyl (C=O) groups is 3. The second kappa shape index (κ2) is 13.4. The van der Waals surface area contributed by atoms with E-state index in [4.69, 9.17) is 4.74 Å². The number of aromatic nitrogens is 2. The molecule has 0 aliphatic carbocycles. The third-order valence-electron chi connectivity index (χ3n) is 6.86. The van der Waals surface area contributed by atoms with Crippen LogP contribution in [0.1, 0.15) is 45.6 Å². The smallest absolute Gasteiger partial charge is 0.412 e. The number of nitrogens with zero attached hydrogens (tertiary/aromatic N) is 3. The summed E-state index contributed by atoms with van der Waals surface area (Å²) in [6.45, 7) is 6.18. The number of nitrogens with one attached hydrogen (secondary N) is 3. The molecule has 2 aromatic heterocycles. The first-order valence-corrected chi connectivity index (χ1v) is 14.6. The zero-order chi connectivity index (χ0) is 31.1. The lowest BCUT2D eigenvalue weighted by atomic mass is 10.1. The number of hydrogen-bond donors (Lipinski definition) is 3. The number of anilines is 5. The van der Waals surface area contributed by atoms with Gasteiger partial charge in [0, 0.05) is 42.5 Å². The number of carbonyl (C=O) groups excluding carboxylic acids is 3. The second-order valence-corrected chi connectivity index (χ2v) is 11.6. The van der Waals surface area contributed by atoms with E-state index in [-0.39, 0.29) is 18.2 Å². The van der Waals surface area contributed by atoms with E-state index >= 15 is 0 Å². The summed E-state index contributed by atoms with van der Waals surface area (Å²) in [5.41, 5.74) is 5.07. The zero-order valence-corrected chi connectivity index (χ0v) is 25.1. The van der Waals surface area contributed by atoms with Gasteiger partial charge < -0.3 is 20.3 Å². The van der Waals surface area contributed by atoms with Gasteiger partial charge in [-0.2, -0.15) is 0 Å². The molecular weight excluding hydrogens is 556 g/mol. The molecule has 1 fully saturated rings.